The highest BCUT2D eigenvalue weighted by molar-refractivity contribution is 5.92. The molecule has 0 saturated carbocycles. The maximum absolute atomic E-state index is 2.42. The zero-order valence-electron chi connectivity index (χ0n) is 32.8. The molecule has 0 fully saturated rings. The van der Waals surface area contributed by atoms with Crippen LogP contribution in [0, 0.1) is 20.8 Å². The van der Waals surface area contributed by atoms with Gasteiger partial charge in [0.1, 0.15) is 0 Å². The molecule has 1 aliphatic rings. The summed E-state index contributed by atoms with van der Waals surface area (Å²) in [4.78, 5) is 2.40. The van der Waals surface area contributed by atoms with Gasteiger partial charge >= 0.3 is 0 Å². The van der Waals surface area contributed by atoms with Crippen LogP contribution in [0.5, 0.6) is 0 Å². The Kier molecular flexibility index (Phi) is 11.0. The van der Waals surface area contributed by atoms with Crippen LogP contribution in [0.4, 0.5) is 17.1 Å². The van der Waals surface area contributed by atoms with Crippen LogP contribution in [0.2, 0.25) is 0 Å². The van der Waals surface area contributed by atoms with Crippen molar-refractivity contribution in [2.75, 3.05) is 4.90 Å². The fourth-order valence-corrected chi connectivity index (χ4v) is 7.69. The highest BCUT2D eigenvalue weighted by Gasteiger charge is 2.17. The minimum Gasteiger partial charge on any atom is -0.310 e. The van der Waals surface area contributed by atoms with E-state index in [0.717, 1.165) is 23.4 Å². The zero-order chi connectivity index (χ0) is 38.3. The third-order valence-corrected chi connectivity index (χ3v) is 10.9. The Morgan fingerprint density at radius 2 is 0.893 bits per heavy atom. The van der Waals surface area contributed by atoms with Crippen molar-refractivity contribution in [2.24, 2.45) is 0 Å². The number of allylic oxidation sites excluding steroid dienone is 2. The molecule has 1 heteroatoms. The predicted molar refractivity (Wildman–Crippen MR) is 241 cm³/mol. The first-order valence-corrected chi connectivity index (χ1v) is 20.0. The lowest BCUT2D eigenvalue weighted by Gasteiger charge is -2.27. The van der Waals surface area contributed by atoms with Crippen molar-refractivity contribution in [1.82, 2.24) is 0 Å². The Hall–Kier alpha value is -6.44. The van der Waals surface area contributed by atoms with Crippen molar-refractivity contribution in [3.8, 4) is 0 Å². The number of anilines is 3. The van der Waals surface area contributed by atoms with E-state index in [4.69, 9.17) is 0 Å². The summed E-state index contributed by atoms with van der Waals surface area (Å²) >= 11 is 0. The molecule has 0 amide bonds. The van der Waals surface area contributed by atoms with Gasteiger partial charge in [0.25, 0.3) is 0 Å². The first-order chi connectivity index (χ1) is 27.5. The van der Waals surface area contributed by atoms with Crippen LogP contribution in [0.15, 0.2) is 182 Å². The van der Waals surface area contributed by atoms with Crippen molar-refractivity contribution >= 4 is 40.4 Å². The van der Waals surface area contributed by atoms with Crippen molar-refractivity contribution in [2.45, 2.75) is 46.5 Å². The molecule has 0 spiro atoms. The molecule has 0 atom stereocenters. The molecule has 1 aliphatic carbocycles. The molecule has 0 heterocycles. The number of hydrogen-bond acceptors (Lipinski definition) is 1. The Morgan fingerprint density at radius 1 is 0.429 bits per heavy atom. The van der Waals surface area contributed by atoms with Gasteiger partial charge in [-0.25, -0.2) is 0 Å². The Morgan fingerprint density at radius 3 is 1.45 bits per heavy atom. The number of benzene rings is 7. The lowest BCUT2D eigenvalue weighted by atomic mass is 9.91. The minimum atomic E-state index is 1.14. The van der Waals surface area contributed by atoms with E-state index in [2.05, 4.69) is 220 Å². The molecular weight excluding hydrogens is 675 g/mol. The summed E-state index contributed by atoms with van der Waals surface area (Å²) < 4.78 is 0. The van der Waals surface area contributed by atoms with E-state index in [1.165, 1.54) is 91.7 Å². The van der Waals surface area contributed by atoms with Crippen molar-refractivity contribution in [3.05, 3.63) is 243 Å². The van der Waals surface area contributed by atoms with Crippen molar-refractivity contribution in [3.63, 3.8) is 0 Å². The summed E-state index contributed by atoms with van der Waals surface area (Å²) in [6.07, 6.45) is 13.8. The van der Waals surface area contributed by atoms with Crippen LogP contribution < -0.4 is 4.90 Å². The van der Waals surface area contributed by atoms with Gasteiger partial charge in [0.05, 0.1) is 0 Å². The molecule has 7 aromatic carbocycles. The summed E-state index contributed by atoms with van der Waals surface area (Å²) in [5.41, 5.74) is 19.9. The van der Waals surface area contributed by atoms with Gasteiger partial charge in [0.2, 0.25) is 0 Å². The van der Waals surface area contributed by atoms with Crippen molar-refractivity contribution in [1.29, 1.82) is 0 Å². The van der Waals surface area contributed by atoms with Crippen LogP contribution in [0.25, 0.3) is 23.3 Å². The van der Waals surface area contributed by atoms with E-state index >= 15 is 0 Å². The average molecular weight is 724 g/mol. The molecule has 0 N–H and O–H groups in total. The molecule has 274 valence electrons. The smallest absolute Gasteiger partial charge is 0.0464 e. The monoisotopic (exact) mass is 723 g/mol. The Balaban J connectivity index is 1.12. The lowest BCUT2D eigenvalue weighted by Crippen LogP contribution is -2.12. The number of nitrogens with zero attached hydrogens (tertiary/aromatic N) is 1. The van der Waals surface area contributed by atoms with Gasteiger partial charge in [-0.15, -0.1) is 0 Å². The lowest BCUT2D eigenvalue weighted by molar-refractivity contribution is 0.685. The second-order valence-electron chi connectivity index (χ2n) is 15.1. The fourth-order valence-electron chi connectivity index (χ4n) is 7.69. The maximum atomic E-state index is 2.42. The molecule has 7 aromatic rings. The van der Waals surface area contributed by atoms with Crippen LogP contribution in [-0.2, 0) is 12.8 Å². The molecule has 0 bridgehead atoms. The Labute approximate surface area is 333 Å². The van der Waals surface area contributed by atoms with E-state index in [0.29, 0.717) is 0 Å². The first kappa shape index (κ1) is 36.5. The van der Waals surface area contributed by atoms with Gasteiger partial charge < -0.3 is 4.90 Å². The molecule has 8 rings (SSSR count). The van der Waals surface area contributed by atoms with Gasteiger partial charge in [0.15, 0.2) is 0 Å². The zero-order valence-corrected chi connectivity index (χ0v) is 32.8. The third-order valence-electron chi connectivity index (χ3n) is 10.9. The molecule has 0 aliphatic heterocycles. The first-order valence-electron chi connectivity index (χ1n) is 20.0. The van der Waals surface area contributed by atoms with E-state index in [1.807, 2.05) is 0 Å². The van der Waals surface area contributed by atoms with Gasteiger partial charge in [-0.3, -0.25) is 0 Å². The van der Waals surface area contributed by atoms with Gasteiger partial charge in [0, 0.05) is 17.1 Å². The van der Waals surface area contributed by atoms with E-state index in [-0.39, 0.29) is 0 Å². The van der Waals surface area contributed by atoms with Crippen LogP contribution >= 0.6 is 0 Å². The molecule has 0 radical (unpaired) electrons. The minimum absolute atomic E-state index is 1.14. The largest absolute Gasteiger partial charge is 0.310 e. The number of rotatable bonds is 10. The molecule has 56 heavy (non-hydrogen) atoms. The Bertz CT molecular complexity index is 2430. The SMILES string of the molecule is Cc1ccc(C(=C/C=C/c2ccc(N(c3ccc(/C=C(\c4ccccc4)c4ccc(C)cc4)cc3)c3ccc4c(c3)CCCC4)cc2)c2ccc(C)cc2)cc1. The van der Waals surface area contributed by atoms with E-state index in [1.54, 1.807) is 0 Å². The van der Waals surface area contributed by atoms with Crippen LogP contribution in [-0.4, -0.2) is 0 Å². The highest BCUT2D eigenvalue weighted by Crippen LogP contribution is 2.38. The van der Waals surface area contributed by atoms with Crippen LogP contribution in [0.3, 0.4) is 0 Å². The number of aryl methyl sites for hydroxylation is 5. The second-order valence-corrected chi connectivity index (χ2v) is 15.1. The summed E-state index contributed by atoms with van der Waals surface area (Å²) in [6.45, 7) is 6.41. The van der Waals surface area contributed by atoms with E-state index < -0.39 is 0 Å². The highest BCUT2D eigenvalue weighted by atomic mass is 15.1. The van der Waals surface area contributed by atoms with E-state index in [9.17, 15) is 0 Å². The number of fused-ring (bicyclic) bond motifs is 1. The standard InChI is InChI=1S/C55H49N/c1-40-16-26-47(27-17-40)54(48-28-18-41(2)19-29-48)15-9-10-43-22-33-51(34-23-43)56(53-37-32-45-11-7-8-14-50(45)39-53)52-35-24-44(25-36-52)38-55(46-12-5-4-6-13-46)49-30-20-42(3)21-31-49/h4-6,9-10,12-13,15-39H,7-8,11,14H2,1-3H3/b10-9+,55-38+. The van der Waals surface area contributed by atoms with Gasteiger partial charge in [-0.2, -0.15) is 0 Å². The molecule has 0 saturated heterocycles. The second kappa shape index (κ2) is 16.9. The normalized spacial score (nSPS) is 12.7. The van der Waals surface area contributed by atoms with Gasteiger partial charge in [-0.05, 0) is 145 Å². The predicted octanol–water partition coefficient (Wildman–Crippen LogP) is 14.7. The summed E-state index contributed by atoms with van der Waals surface area (Å²) in [5, 5.41) is 0. The topological polar surface area (TPSA) is 3.24 Å². The van der Waals surface area contributed by atoms with Gasteiger partial charge in [-0.1, -0.05) is 168 Å². The number of hydrogen-bond donors (Lipinski definition) is 0. The molecule has 0 aromatic heterocycles. The third kappa shape index (κ3) is 8.59. The molecular formula is C55H49N. The summed E-state index contributed by atoms with van der Waals surface area (Å²) in [7, 11) is 0. The summed E-state index contributed by atoms with van der Waals surface area (Å²) in [6, 6.07) is 62.2. The fraction of sp³-hybridized carbons (Fsp3) is 0.127. The van der Waals surface area contributed by atoms with Crippen molar-refractivity contribution < 1.29 is 0 Å². The maximum Gasteiger partial charge on any atom is 0.0464 e. The summed E-state index contributed by atoms with van der Waals surface area (Å²) in [5.74, 6) is 0. The molecule has 1 nitrogen and oxygen atoms in total. The molecule has 0 unspecified atom stereocenters. The van der Waals surface area contributed by atoms with Crippen LogP contribution in [0.1, 0.15) is 74.0 Å². The average Bonchev–Trinajstić information content (AvgIpc) is 3.24. The quantitative estimate of drug-likeness (QED) is 0.100.